The summed E-state index contributed by atoms with van der Waals surface area (Å²) < 4.78 is 10.9. The molecule has 1 saturated heterocycles. The summed E-state index contributed by atoms with van der Waals surface area (Å²) in [7, 11) is 0. The van der Waals surface area contributed by atoms with E-state index in [2.05, 4.69) is 0 Å². The van der Waals surface area contributed by atoms with Crippen molar-refractivity contribution in [1.82, 2.24) is 0 Å². The summed E-state index contributed by atoms with van der Waals surface area (Å²) in [4.78, 5) is 10.3. The Labute approximate surface area is 84.8 Å². The molecule has 14 heavy (non-hydrogen) atoms. The second-order valence-corrected chi connectivity index (χ2v) is 4.43. The summed E-state index contributed by atoms with van der Waals surface area (Å²) in [5.41, 5.74) is 0. The van der Waals surface area contributed by atoms with Crippen LogP contribution in [0.15, 0.2) is 0 Å². The number of fused-ring (bicyclic) bond motifs is 1. The molecule has 4 atom stereocenters. The van der Waals surface area contributed by atoms with Gasteiger partial charge in [0.25, 0.3) is 6.47 Å². The van der Waals surface area contributed by atoms with E-state index in [9.17, 15) is 4.79 Å². The van der Waals surface area contributed by atoms with Gasteiger partial charge in [0.15, 0.2) is 0 Å². The normalized spacial score (nSPS) is 42.6. The van der Waals surface area contributed by atoms with Gasteiger partial charge in [-0.1, -0.05) is 12.8 Å². The van der Waals surface area contributed by atoms with Crippen LogP contribution in [0.4, 0.5) is 0 Å². The molecule has 0 aromatic rings. The molecule has 80 valence electrons. The summed E-state index contributed by atoms with van der Waals surface area (Å²) >= 11 is 0. The first-order valence-electron chi connectivity index (χ1n) is 5.56. The Morgan fingerprint density at radius 3 is 2.93 bits per heavy atom. The average Bonchev–Trinajstić information content (AvgIpc) is 2.19. The van der Waals surface area contributed by atoms with E-state index in [0.717, 1.165) is 6.42 Å². The Morgan fingerprint density at radius 2 is 2.14 bits per heavy atom. The number of ether oxygens (including phenoxy) is 2. The van der Waals surface area contributed by atoms with Crippen LogP contribution in [-0.4, -0.2) is 24.8 Å². The lowest BCUT2D eigenvalue weighted by Crippen LogP contribution is -2.45. The number of hydrogen-bond acceptors (Lipinski definition) is 3. The molecule has 0 aromatic carbocycles. The highest BCUT2D eigenvalue weighted by Gasteiger charge is 2.37. The summed E-state index contributed by atoms with van der Waals surface area (Å²) in [5.74, 6) is 0.616. The lowest BCUT2D eigenvalue weighted by molar-refractivity contribution is -0.172. The van der Waals surface area contributed by atoms with E-state index in [1.807, 2.05) is 6.92 Å². The largest absolute Gasteiger partial charge is 0.462 e. The van der Waals surface area contributed by atoms with Gasteiger partial charge >= 0.3 is 0 Å². The lowest BCUT2D eigenvalue weighted by atomic mass is 9.80. The van der Waals surface area contributed by atoms with Gasteiger partial charge in [-0.3, -0.25) is 4.79 Å². The average molecular weight is 198 g/mol. The Kier molecular flexibility index (Phi) is 3.06. The zero-order chi connectivity index (χ0) is 9.97. The second kappa shape index (κ2) is 4.30. The zero-order valence-corrected chi connectivity index (χ0v) is 8.65. The molecule has 3 nitrogen and oxygen atoms in total. The van der Waals surface area contributed by atoms with Crippen molar-refractivity contribution >= 4 is 6.47 Å². The summed E-state index contributed by atoms with van der Waals surface area (Å²) in [6, 6.07) is 0. The fraction of sp³-hybridized carbons (Fsp3) is 0.909. The lowest BCUT2D eigenvalue weighted by Gasteiger charge is -2.41. The maximum atomic E-state index is 10.3. The first kappa shape index (κ1) is 9.97. The van der Waals surface area contributed by atoms with Crippen molar-refractivity contribution in [3.63, 3.8) is 0 Å². The zero-order valence-electron chi connectivity index (χ0n) is 8.65. The number of carbonyl (C=O) groups is 1. The van der Waals surface area contributed by atoms with Crippen molar-refractivity contribution in [2.45, 2.75) is 57.3 Å². The molecule has 0 aromatic heterocycles. The van der Waals surface area contributed by atoms with Crippen molar-refractivity contribution in [3.8, 4) is 0 Å². The van der Waals surface area contributed by atoms with E-state index in [4.69, 9.17) is 9.47 Å². The minimum atomic E-state index is -0.0214. The van der Waals surface area contributed by atoms with E-state index in [1.54, 1.807) is 0 Å². The summed E-state index contributed by atoms with van der Waals surface area (Å²) in [5, 5.41) is 0. The number of hydrogen-bond donors (Lipinski definition) is 0. The van der Waals surface area contributed by atoms with Gasteiger partial charge in [0.1, 0.15) is 6.10 Å². The van der Waals surface area contributed by atoms with Crippen LogP contribution in [0.1, 0.15) is 39.0 Å². The number of carbonyl (C=O) groups excluding carboxylic acids is 1. The Balaban J connectivity index is 1.95. The van der Waals surface area contributed by atoms with E-state index >= 15 is 0 Å². The molecule has 1 saturated carbocycles. The third kappa shape index (κ3) is 1.92. The van der Waals surface area contributed by atoms with E-state index in [1.165, 1.54) is 25.7 Å². The Hall–Kier alpha value is -0.570. The van der Waals surface area contributed by atoms with Gasteiger partial charge < -0.3 is 9.47 Å². The Bertz CT molecular complexity index is 205. The van der Waals surface area contributed by atoms with Crippen LogP contribution >= 0.6 is 0 Å². The molecule has 1 aliphatic heterocycles. The molecule has 1 heterocycles. The van der Waals surface area contributed by atoms with E-state index in [0.29, 0.717) is 18.5 Å². The molecule has 1 aliphatic carbocycles. The molecule has 0 unspecified atom stereocenters. The van der Waals surface area contributed by atoms with Gasteiger partial charge in [0.2, 0.25) is 0 Å². The first-order valence-corrected chi connectivity index (χ1v) is 5.56. The van der Waals surface area contributed by atoms with Crippen molar-refractivity contribution < 1.29 is 14.3 Å². The summed E-state index contributed by atoms with van der Waals surface area (Å²) in [6.07, 6.45) is 6.46. The highest BCUT2D eigenvalue weighted by atomic mass is 16.6. The topological polar surface area (TPSA) is 35.5 Å². The fourth-order valence-electron chi connectivity index (χ4n) is 2.71. The van der Waals surface area contributed by atoms with Crippen molar-refractivity contribution in [2.75, 3.05) is 0 Å². The van der Waals surface area contributed by atoms with Crippen LogP contribution in [0.5, 0.6) is 0 Å². The van der Waals surface area contributed by atoms with Crippen LogP contribution in [0.25, 0.3) is 0 Å². The van der Waals surface area contributed by atoms with Gasteiger partial charge in [-0.2, -0.15) is 0 Å². The first-order chi connectivity index (χ1) is 6.81. The highest BCUT2D eigenvalue weighted by Crippen LogP contribution is 2.36. The van der Waals surface area contributed by atoms with Crippen LogP contribution in [0.3, 0.4) is 0 Å². The molecule has 0 N–H and O–H groups in total. The van der Waals surface area contributed by atoms with Crippen molar-refractivity contribution in [3.05, 3.63) is 0 Å². The molecule has 0 bridgehead atoms. The fourth-order valence-corrected chi connectivity index (χ4v) is 2.71. The minimum absolute atomic E-state index is 0.0214. The quantitative estimate of drug-likeness (QED) is 0.636. The van der Waals surface area contributed by atoms with Gasteiger partial charge in [0, 0.05) is 0 Å². The molecular formula is C11H18O3. The number of rotatable bonds is 2. The maximum Gasteiger partial charge on any atom is 0.293 e. The maximum absolute atomic E-state index is 10.3. The molecule has 2 aliphatic rings. The van der Waals surface area contributed by atoms with E-state index in [-0.39, 0.29) is 12.2 Å². The third-order valence-corrected chi connectivity index (χ3v) is 3.52. The second-order valence-electron chi connectivity index (χ2n) is 4.43. The molecule has 0 radical (unpaired) electrons. The summed E-state index contributed by atoms with van der Waals surface area (Å²) in [6.45, 7) is 2.55. The molecular weight excluding hydrogens is 180 g/mol. The van der Waals surface area contributed by atoms with Crippen molar-refractivity contribution in [2.24, 2.45) is 5.92 Å². The van der Waals surface area contributed by atoms with Crippen LogP contribution < -0.4 is 0 Å². The van der Waals surface area contributed by atoms with Crippen LogP contribution in [-0.2, 0) is 14.3 Å². The van der Waals surface area contributed by atoms with Crippen LogP contribution in [0, 0.1) is 5.92 Å². The SMILES string of the molecule is C[C@H]1O[C@H]2CCCC[C@@H]2C[C@@H]1OC=O. The molecule has 0 spiro atoms. The molecule has 2 rings (SSSR count). The van der Waals surface area contributed by atoms with Gasteiger partial charge in [0.05, 0.1) is 12.2 Å². The minimum Gasteiger partial charge on any atom is -0.462 e. The van der Waals surface area contributed by atoms with Gasteiger partial charge in [-0.05, 0) is 32.1 Å². The predicted molar refractivity (Wildman–Crippen MR) is 51.8 cm³/mol. The Morgan fingerprint density at radius 1 is 1.36 bits per heavy atom. The molecule has 2 fully saturated rings. The predicted octanol–water partition coefficient (Wildman–Crippen LogP) is 1.90. The molecule has 0 amide bonds. The van der Waals surface area contributed by atoms with E-state index < -0.39 is 0 Å². The van der Waals surface area contributed by atoms with Gasteiger partial charge in [-0.15, -0.1) is 0 Å². The van der Waals surface area contributed by atoms with Crippen LogP contribution in [0.2, 0.25) is 0 Å². The molecule has 3 heteroatoms. The van der Waals surface area contributed by atoms with Crippen molar-refractivity contribution in [1.29, 1.82) is 0 Å². The standard InChI is InChI=1S/C11H18O3/c1-8-11(13-7-12)6-9-4-2-3-5-10(9)14-8/h7-11H,2-6H2,1H3/t8-,9-,10+,11+/m1/s1. The highest BCUT2D eigenvalue weighted by molar-refractivity contribution is 5.37. The third-order valence-electron chi connectivity index (χ3n) is 3.52. The monoisotopic (exact) mass is 198 g/mol. The van der Waals surface area contributed by atoms with Gasteiger partial charge in [-0.25, -0.2) is 0 Å². The smallest absolute Gasteiger partial charge is 0.293 e.